The van der Waals surface area contributed by atoms with Gasteiger partial charge in [0, 0.05) is 25.4 Å². The molecular formula is C11H11N3OS. The molecule has 5 heteroatoms. The van der Waals surface area contributed by atoms with Gasteiger partial charge in [0.05, 0.1) is 0 Å². The molecule has 0 aliphatic carbocycles. The van der Waals surface area contributed by atoms with Gasteiger partial charge in [-0.1, -0.05) is 0 Å². The lowest BCUT2D eigenvalue weighted by Crippen LogP contribution is -2.08. The minimum atomic E-state index is -0.176. The van der Waals surface area contributed by atoms with Gasteiger partial charge < -0.3 is 5.32 Å². The number of nitrogens with one attached hydrogen (secondary N) is 1. The minimum Gasteiger partial charge on any atom is -0.306 e. The lowest BCUT2D eigenvalue weighted by Gasteiger charge is -1.95. The van der Waals surface area contributed by atoms with E-state index < -0.39 is 0 Å². The minimum absolute atomic E-state index is 0.176. The monoisotopic (exact) mass is 233 g/mol. The van der Waals surface area contributed by atoms with Crippen LogP contribution in [-0.2, 0) is 11.8 Å². The van der Waals surface area contributed by atoms with Crippen molar-refractivity contribution in [3.05, 3.63) is 40.7 Å². The third-order valence-electron chi connectivity index (χ3n) is 1.94. The first-order chi connectivity index (χ1) is 7.74. The molecule has 2 rings (SSSR count). The van der Waals surface area contributed by atoms with Gasteiger partial charge in [-0.3, -0.25) is 9.48 Å². The van der Waals surface area contributed by atoms with Crippen LogP contribution in [-0.4, -0.2) is 15.7 Å². The molecule has 2 heterocycles. The molecule has 1 amide bonds. The molecule has 2 aromatic heterocycles. The van der Waals surface area contributed by atoms with E-state index in [0.29, 0.717) is 5.82 Å². The number of aryl methyl sites for hydroxylation is 1. The summed E-state index contributed by atoms with van der Waals surface area (Å²) in [5.41, 5.74) is 1.03. The first kappa shape index (κ1) is 10.6. The van der Waals surface area contributed by atoms with Crippen molar-refractivity contribution in [2.75, 3.05) is 5.32 Å². The lowest BCUT2D eigenvalue weighted by molar-refractivity contribution is -0.111. The van der Waals surface area contributed by atoms with Crippen molar-refractivity contribution >= 4 is 29.1 Å². The molecule has 82 valence electrons. The van der Waals surface area contributed by atoms with E-state index in [1.165, 1.54) is 6.08 Å². The molecule has 4 nitrogen and oxygen atoms in total. The predicted octanol–water partition coefficient (Wildman–Crippen LogP) is 2.13. The predicted molar refractivity (Wildman–Crippen MR) is 65.2 cm³/mol. The Labute approximate surface area is 97.2 Å². The van der Waals surface area contributed by atoms with Gasteiger partial charge in [-0.05, 0) is 28.5 Å². The summed E-state index contributed by atoms with van der Waals surface area (Å²) in [6.07, 6.45) is 5.05. The highest BCUT2D eigenvalue weighted by atomic mass is 32.1. The molecule has 0 fully saturated rings. The Balaban J connectivity index is 1.94. The molecule has 0 aromatic carbocycles. The van der Waals surface area contributed by atoms with Crippen LogP contribution in [0.3, 0.4) is 0 Å². The number of carbonyl (C=O) groups excluding carboxylic acids is 1. The third kappa shape index (κ3) is 2.80. The van der Waals surface area contributed by atoms with Crippen molar-refractivity contribution in [1.29, 1.82) is 0 Å². The summed E-state index contributed by atoms with van der Waals surface area (Å²) in [5, 5.41) is 10.7. The van der Waals surface area contributed by atoms with Crippen LogP contribution in [0.5, 0.6) is 0 Å². The average Bonchev–Trinajstić information content (AvgIpc) is 2.87. The molecule has 0 aliphatic heterocycles. The van der Waals surface area contributed by atoms with Gasteiger partial charge in [0.25, 0.3) is 0 Å². The van der Waals surface area contributed by atoms with Crippen molar-refractivity contribution < 1.29 is 4.79 Å². The van der Waals surface area contributed by atoms with E-state index in [4.69, 9.17) is 0 Å². The van der Waals surface area contributed by atoms with Crippen LogP contribution in [0, 0.1) is 0 Å². The van der Waals surface area contributed by atoms with Gasteiger partial charge in [-0.2, -0.15) is 16.4 Å². The van der Waals surface area contributed by atoms with Gasteiger partial charge in [0.1, 0.15) is 0 Å². The van der Waals surface area contributed by atoms with E-state index in [0.717, 1.165) is 5.56 Å². The van der Waals surface area contributed by atoms with Gasteiger partial charge in [-0.25, -0.2) is 0 Å². The lowest BCUT2D eigenvalue weighted by atomic mass is 10.3. The molecule has 0 bridgehead atoms. The summed E-state index contributed by atoms with van der Waals surface area (Å²) >= 11 is 1.60. The number of rotatable bonds is 3. The van der Waals surface area contributed by atoms with Crippen LogP contribution in [0.25, 0.3) is 6.08 Å². The Hall–Kier alpha value is -1.88. The van der Waals surface area contributed by atoms with Gasteiger partial charge in [0.2, 0.25) is 5.91 Å². The van der Waals surface area contributed by atoms with Crippen molar-refractivity contribution in [2.45, 2.75) is 0 Å². The largest absolute Gasteiger partial charge is 0.306 e. The number of thiophene rings is 1. The summed E-state index contributed by atoms with van der Waals surface area (Å²) in [7, 11) is 1.80. The molecule has 0 atom stereocenters. The van der Waals surface area contributed by atoms with Crippen LogP contribution < -0.4 is 5.32 Å². The Kier molecular flexibility index (Phi) is 3.16. The zero-order valence-electron chi connectivity index (χ0n) is 8.75. The smallest absolute Gasteiger partial charge is 0.249 e. The molecule has 0 aliphatic rings. The van der Waals surface area contributed by atoms with Crippen LogP contribution >= 0.6 is 11.3 Å². The van der Waals surface area contributed by atoms with E-state index in [2.05, 4.69) is 10.4 Å². The molecule has 0 unspecified atom stereocenters. The highest BCUT2D eigenvalue weighted by Gasteiger charge is 1.99. The van der Waals surface area contributed by atoms with Crippen molar-refractivity contribution in [2.24, 2.45) is 7.05 Å². The normalized spacial score (nSPS) is 10.8. The summed E-state index contributed by atoms with van der Waals surface area (Å²) in [6, 6.07) is 3.70. The fraction of sp³-hybridized carbons (Fsp3) is 0.0909. The molecule has 0 saturated carbocycles. The maximum atomic E-state index is 11.5. The molecule has 2 aromatic rings. The average molecular weight is 233 g/mol. The summed E-state index contributed by atoms with van der Waals surface area (Å²) in [6.45, 7) is 0. The number of hydrogen-bond acceptors (Lipinski definition) is 3. The summed E-state index contributed by atoms with van der Waals surface area (Å²) in [5.74, 6) is 0.382. The Morgan fingerprint density at radius 1 is 1.56 bits per heavy atom. The number of aromatic nitrogens is 2. The second kappa shape index (κ2) is 4.76. The van der Waals surface area contributed by atoms with E-state index in [1.54, 1.807) is 41.4 Å². The van der Waals surface area contributed by atoms with Gasteiger partial charge in [-0.15, -0.1) is 0 Å². The van der Waals surface area contributed by atoms with Crippen LogP contribution in [0.4, 0.5) is 5.82 Å². The molecule has 16 heavy (non-hydrogen) atoms. The first-order valence-corrected chi connectivity index (χ1v) is 5.69. The SMILES string of the molecule is Cn1ccc(NC(=O)/C=C/c2ccsc2)n1. The maximum Gasteiger partial charge on any atom is 0.249 e. The second-order valence-corrected chi connectivity index (χ2v) is 4.03. The number of nitrogens with zero attached hydrogens (tertiary/aromatic N) is 2. The summed E-state index contributed by atoms with van der Waals surface area (Å²) < 4.78 is 1.64. The Morgan fingerprint density at radius 2 is 2.44 bits per heavy atom. The quantitative estimate of drug-likeness (QED) is 0.825. The first-order valence-electron chi connectivity index (χ1n) is 4.75. The molecular weight excluding hydrogens is 222 g/mol. The zero-order valence-corrected chi connectivity index (χ0v) is 9.57. The maximum absolute atomic E-state index is 11.5. The third-order valence-corrected chi connectivity index (χ3v) is 2.64. The highest BCUT2D eigenvalue weighted by Crippen LogP contribution is 2.08. The van der Waals surface area contributed by atoms with Crippen LogP contribution in [0.2, 0.25) is 0 Å². The number of carbonyl (C=O) groups is 1. The fourth-order valence-corrected chi connectivity index (χ4v) is 1.82. The van der Waals surface area contributed by atoms with Gasteiger partial charge >= 0.3 is 0 Å². The van der Waals surface area contributed by atoms with Crippen molar-refractivity contribution in [3.63, 3.8) is 0 Å². The van der Waals surface area contributed by atoms with Crippen LogP contribution in [0.15, 0.2) is 35.2 Å². The molecule has 0 spiro atoms. The van der Waals surface area contributed by atoms with Gasteiger partial charge in [0.15, 0.2) is 5.82 Å². The highest BCUT2D eigenvalue weighted by molar-refractivity contribution is 7.08. The molecule has 0 saturated heterocycles. The molecule has 0 radical (unpaired) electrons. The Bertz CT molecular complexity index is 499. The van der Waals surface area contributed by atoms with Crippen LogP contribution in [0.1, 0.15) is 5.56 Å². The topological polar surface area (TPSA) is 46.9 Å². The Morgan fingerprint density at radius 3 is 3.06 bits per heavy atom. The standard InChI is InChI=1S/C11H11N3OS/c1-14-6-4-10(13-14)12-11(15)3-2-9-5-7-16-8-9/h2-8H,1H3,(H,12,13,15)/b3-2+. The second-order valence-electron chi connectivity index (χ2n) is 3.25. The van der Waals surface area contributed by atoms with Crippen molar-refractivity contribution in [3.8, 4) is 0 Å². The number of anilines is 1. The van der Waals surface area contributed by atoms with Crippen molar-refractivity contribution in [1.82, 2.24) is 9.78 Å². The molecule has 1 N–H and O–H groups in total. The van der Waals surface area contributed by atoms with E-state index >= 15 is 0 Å². The number of hydrogen-bond donors (Lipinski definition) is 1. The summed E-state index contributed by atoms with van der Waals surface area (Å²) in [4.78, 5) is 11.5. The van der Waals surface area contributed by atoms with E-state index in [1.807, 2.05) is 16.8 Å². The van der Waals surface area contributed by atoms with E-state index in [-0.39, 0.29) is 5.91 Å². The number of amides is 1. The van der Waals surface area contributed by atoms with E-state index in [9.17, 15) is 4.79 Å². The fourth-order valence-electron chi connectivity index (χ4n) is 1.19. The zero-order chi connectivity index (χ0) is 11.4.